The largest absolute Gasteiger partial charge is 0.480 e. The molecule has 0 bridgehead atoms. The third-order valence-corrected chi connectivity index (χ3v) is 2.77. The van der Waals surface area contributed by atoms with Crippen LogP contribution in [0.1, 0.15) is 12.2 Å². The molecule has 1 aromatic rings. The van der Waals surface area contributed by atoms with E-state index in [2.05, 4.69) is 10.2 Å². The summed E-state index contributed by atoms with van der Waals surface area (Å²) in [7, 11) is 0. The molecule has 0 radical (unpaired) electrons. The van der Waals surface area contributed by atoms with Crippen molar-refractivity contribution >= 4 is 5.97 Å². The zero-order valence-electron chi connectivity index (χ0n) is 9.06. The Hall–Kier alpha value is -1.33. The maximum Gasteiger partial charge on any atom is 0.317 e. The van der Waals surface area contributed by atoms with E-state index in [9.17, 15) is 4.79 Å². The Morgan fingerprint density at radius 3 is 3.25 bits per heavy atom. The number of rotatable bonds is 5. The van der Waals surface area contributed by atoms with Crippen molar-refractivity contribution in [2.45, 2.75) is 19.0 Å². The number of carbonyl (C=O) groups is 1. The molecule has 0 amide bonds. The molecule has 5 nitrogen and oxygen atoms in total. The molecule has 1 aromatic heterocycles. The van der Waals surface area contributed by atoms with Gasteiger partial charge in [0.05, 0.1) is 19.4 Å². The molecule has 1 fully saturated rings. The van der Waals surface area contributed by atoms with Crippen LogP contribution < -0.4 is 5.32 Å². The molecule has 0 aliphatic carbocycles. The van der Waals surface area contributed by atoms with Crippen molar-refractivity contribution in [3.05, 3.63) is 24.2 Å². The molecule has 1 aliphatic heterocycles. The highest BCUT2D eigenvalue weighted by Gasteiger charge is 2.22. The molecule has 1 aliphatic rings. The first-order chi connectivity index (χ1) is 7.74. The highest BCUT2D eigenvalue weighted by molar-refractivity contribution is 5.69. The van der Waals surface area contributed by atoms with Crippen LogP contribution >= 0.6 is 0 Å². The van der Waals surface area contributed by atoms with E-state index in [0.717, 1.165) is 31.8 Å². The van der Waals surface area contributed by atoms with Gasteiger partial charge in [0.2, 0.25) is 0 Å². The van der Waals surface area contributed by atoms with Crippen LogP contribution in [-0.4, -0.2) is 41.7 Å². The van der Waals surface area contributed by atoms with Crippen molar-refractivity contribution in [3.63, 3.8) is 0 Å². The molecule has 2 rings (SSSR count). The van der Waals surface area contributed by atoms with Gasteiger partial charge in [-0.1, -0.05) is 0 Å². The predicted octanol–water partition coefficient (Wildman–Crippen LogP) is 0.528. The summed E-state index contributed by atoms with van der Waals surface area (Å²) in [5, 5.41) is 11.6. The van der Waals surface area contributed by atoms with Crippen molar-refractivity contribution in [3.8, 4) is 0 Å². The van der Waals surface area contributed by atoms with Crippen molar-refractivity contribution < 1.29 is 14.3 Å². The number of carboxylic acids is 1. The average Bonchev–Trinajstić information content (AvgIpc) is 2.87. The summed E-state index contributed by atoms with van der Waals surface area (Å²) in [6, 6.07) is 4.12. The Bertz CT molecular complexity index is 337. The molecule has 1 saturated heterocycles. The third-order valence-electron chi connectivity index (χ3n) is 2.77. The van der Waals surface area contributed by atoms with Gasteiger partial charge in [-0.2, -0.15) is 0 Å². The third kappa shape index (κ3) is 3.08. The fourth-order valence-electron chi connectivity index (χ4n) is 2.00. The lowest BCUT2D eigenvalue weighted by Crippen LogP contribution is -2.35. The zero-order chi connectivity index (χ0) is 11.4. The fraction of sp³-hybridized carbons (Fsp3) is 0.545. The van der Waals surface area contributed by atoms with E-state index < -0.39 is 5.97 Å². The number of carboxylic acid groups (broad SMARTS) is 1. The number of likely N-dealkylation sites (tertiary alicyclic amines) is 1. The van der Waals surface area contributed by atoms with Crippen LogP contribution in [0.2, 0.25) is 0 Å². The van der Waals surface area contributed by atoms with E-state index in [-0.39, 0.29) is 12.6 Å². The second-order valence-electron chi connectivity index (χ2n) is 4.07. The maximum atomic E-state index is 10.4. The van der Waals surface area contributed by atoms with Crippen molar-refractivity contribution in [1.29, 1.82) is 0 Å². The minimum absolute atomic E-state index is 0.0409. The van der Waals surface area contributed by atoms with Crippen LogP contribution in [0, 0.1) is 0 Å². The van der Waals surface area contributed by atoms with Crippen molar-refractivity contribution in [2.24, 2.45) is 0 Å². The number of aliphatic carboxylic acids is 1. The standard InChI is InChI=1S/C11H16N2O3/c14-11(15)6-12-9-3-4-13(7-9)8-10-2-1-5-16-10/h1-2,5,9,12H,3-4,6-8H2,(H,14,15). The topological polar surface area (TPSA) is 65.7 Å². The van der Waals surface area contributed by atoms with Gasteiger partial charge in [0.25, 0.3) is 0 Å². The van der Waals surface area contributed by atoms with Gasteiger partial charge in [-0.15, -0.1) is 0 Å². The average molecular weight is 224 g/mol. The molecule has 2 N–H and O–H groups in total. The molecular weight excluding hydrogens is 208 g/mol. The molecular formula is C11H16N2O3. The highest BCUT2D eigenvalue weighted by atomic mass is 16.4. The second kappa shape index (κ2) is 5.14. The lowest BCUT2D eigenvalue weighted by molar-refractivity contribution is -0.136. The Kier molecular flexibility index (Phi) is 3.58. The monoisotopic (exact) mass is 224 g/mol. The van der Waals surface area contributed by atoms with Gasteiger partial charge >= 0.3 is 5.97 Å². The SMILES string of the molecule is O=C(O)CNC1CCN(Cc2ccco2)C1. The van der Waals surface area contributed by atoms with E-state index in [1.165, 1.54) is 0 Å². The first-order valence-electron chi connectivity index (χ1n) is 5.44. The zero-order valence-corrected chi connectivity index (χ0v) is 9.06. The molecule has 0 saturated carbocycles. The Morgan fingerprint density at radius 2 is 2.56 bits per heavy atom. The number of nitrogens with one attached hydrogen (secondary N) is 1. The molecule has 5 heteroatoms. The first-order valence-corrected chi connectivity index (χ1v) is 5.44. The maximum absolute atomic E-state index is 10.4. The van der Waals surface area contributed by atoms with E-state index in [1.807, 2.05) is 12.1 Å². The Labute approximate surface area is 94.0 Å². The van der Waals surface area contributed by atoms with Crippen LogP contribution in [0.15, 0.2) is 22.8 Å². The molecule has 1 atom stereocenters. The number of furan rings is 1. The minimum atomic E-state index is -0.801. The first kappa shape index (κ1) is 11.2. The Balaban J connectivity index is 1.73. The van der Waals surface area contributed by atoms with Crippen LogP contribution in [-0.2, 0) is 11.3 Å². The normalized spacial score (nSPS) is 21.4. The summed E-state index contributed by atoms with van der Waals surface area (Å²) in [5.41, 5.74) is 0. The highest BCUT2D eigenvalue weighted by Crippen LogP contribution is 2.13. The van der Waals surface area contributed by atoms with Crippen molar-refractivity contribution in [2.75, 3.05) is 19.6 Å². The van der Waals surface area contributed by atoms with Crippen LogP contribution in [0.5, 0.6) is 0 Å². The summed E-state index contributed by atoms with van der Waals surface area (Å²) >= 11 is 0. The molecule has 88 valence electrons. The number of nitrogens with zero attached hydrogens (tertiary/aromatic N) is 1. The van der Waals surface area contributed by atoms with E-state index in [0.29, 0.717) is 0 Å². The summed E-state index contributed by atoms with van der Waals surface area (Å²) in [4.78, 5) is 12.7. The smallest absolute Gasteiger partial charge is 0.317 e. The van der Waals surface area contributed by atoms with Crippen LogP contribution in [0.25, 0.3) is 0 Å². The quantitative estimate of drug-likeness (QED) is 0.763. The van der Waals surface area contributed by atoms with Gasteiger partial charge in [-0.05, 0) is 18.6 Å². The van der Waals surface area contributed by atoms with Gasteiger partial charge in [0, 0.05) is 19.1 Å². The van der Waals surface area contributed by atoms with Gasteiger partial charge < -0.3 is 14.8 Å². The van der Waals surface area contributed by atoms with Crippen molar-refractivity contribution in [1.82, 2.24) is 10.2 Å². The summed E-state index contributed by atoms with van der Waals surface area (Å²) < 4.78 is 5.27. The summed E-state index contributed by atoms with van der Waals surface area (Å²) in [6.45, 7) is 2.71. The van der Waals surface area contributed by atoms with Crippen LogP contribution in [0.4, 0.5) is 0 Å². The number of hydrogen-bond acceptors (Lipinski definition) is 4. The van der Waals surface area contributed by atoms with E-state index >= 15 is 0 Å². The van der Waals surface area contributed by atoms with E-state index in [1.54, 1.807) is 6.26 Å². The molecule has 1 unspecified atom stereocenters. The predicted molar refractivity (Wildman–Crippen MR) is 58.0 cm³/mol. The summed E-state index contributed by atoms with van der Waals surface area (Å²) in [5.74, 6) is 0.156. The summed E-state index contributed by atoms with van der Waals surface area (Å²) in [6.07, 6.45) is 2.67. The van der Waals surface area contributed by atoms with Gasteiger partial charge in [-0.25, -0.2) is 0 Å². The minimum Gasteiger partial charge on any atom is -0.480 e. The second-order valence-corrected chi connectivity index (χ2v) is 4.07. The van der Waals surface area contributed by atoms with Crippen LogP contribution in [0.3, 0.4) is 0 Å². The molecule has 16 heavy (non-hydrogen) atoms. The molecule has 0 aromatic carbocycles. The van der Waals surface area contributed by atoms with Gasteiger partial charge in [0.1, 0.15) is 5.76 Å². The van der Waals surface area contributed by atoms with Gasteiger partial charge in [0.15, 0.2) is 0 Å². The number of hydrogen-bond donors (Lipinski definition) is 2. The fourth-order valence-corrected chi connectivity index (χ4v) is 2.00. The molecule has 2 heterocycles. The lowest BCUT2D eigenvalue weighted by Gasteiger charge is -2.14. The Morgan fingerprint density at radius 1 is 1.69 bits per heavy atom. The van der Waals surface area contributed by atoms with Gasteiger partial charge in [-0.3, -0.25) is 9.69 Å². The lowest BCUT2D eigenvalue weighted by atomic mass is 10.2. The molecule has 0 spiro atoms. The van der Waals surface area contributed by atoms with E-state index in [4.69, 9.17) is 9.52 Å².